The fourth-order valence-corrected chi connectivity index (χ4v) is 3.10. The number of hydrogen-bond donors (Lipinski definition) is 4. The van der Waals surface area contributed by atoms with Gasteiger partial charge >= 0.3 is 5.97 Å². The van der Waals surface area contributed by atoms with E-state index in [2.05, 4.69) is 10.6 Å². The minimum atomic E-state index is -1.40. The highest BCUT2D eigenvalue weighted by Gasteiger charge is 2.37. The zero-order chi connectivity index (χ0) is 13.8. The summed E-state index contributed by atoms with van der Waals surface area (Å²) in [5.41, 5.74) is 0. The van der Waals surface area contributed by atoms with Crippen LogP contribution in [0.4, 0.5) is 0 Å². The molecule has 4 N–H and O–H groups in total. The fourth-order valence-electron chi connectivity index (χ4n) is 3.10. The number of amides is 1. The van der Waals surface area contributed by atoms with Crippen molar-refractivity contribution < 1.29 is 19.8 Å². The minimum Gasteiger partial charge on any atom is -0.479 e. The molecular weight excluding hydrogens is 248 g/mol. The van der Waals surface area contributed by atoms with E-state index in [1.165, 1.54) is 19.3 Å². The average Bonchev–Trinajstić information content (AvgIpc) is 2.82. The van der Waals surface area contributed by atoms with Crippen LogP contribution >= 0.6 is 0 Å². The Morgan fingerprint density at radius 3 is 2.74 bits per heavy atom. The van der Waals surface area contributed by atoms with Crippen molar-refractivity contribution in [1.82, 2.24) is 10.6 Å². The first-order valence-corrected chi connectivity index (χ1v) is 7.02. The van der Waals surface area contributed by atoms with Crippen molar-refractivity contribution in [3.63, 3.8) is 0 Å². The standard InChI is InChI=1S/C13H22N2O4/c16-11(13(18)19)5-6-14-12(17)10-7-8-3-1-2-4-9(8)15-10/h8-11,15-16H,1-7H2,(H,14,17)(H,18,19). The van der Waals surface area contributed by atoms with Crippen molar-refractivity contribution >= 4 is 11.9 Å². The van der Waals surface area contributed by atoms with Gasteiger partial charge in [0.25, 0.3) is 0 Å². The van der Waals surface area contributed by atoms with Crippen molar-refractivity contribution in [1.29, 1.82) is 0 Å². The average molecular weight is 270 g/mol. The van der Waals surface area contributed by atoms with Gasteiger partial charge in [0.1, 0.15) is 0 Å². The van der Waals surface area contributed by atoms with Crippen LogP contribution < -0.4 is 10.6 Å². The number of carbonyl (C=O) groups excluding carboxylic acids is 1. The first kappa shape index (κ1) is 14.3. The summed E-state index contributed by atoms with van der Waals surface area (Å²) < 4.78 is 0. The molecule has 6 nitrogen and oxygen atoms in total. The smallest absolute Gasteiger partial charge is 0.332 e. The molecule has 0 radical (unpaired) electrons. The molecule has 1 aliphatic carbocycles. The molecule has 1 aliphatic heterocycles. The van der Waals surface area contributed by atoms with Crippen LogP contribution in [0.3, 0.4) is 0 Å². The molecule has 0 spiro atoms. The monoisotopic (exact) mass is 270 g/mol. The Bertz CT molecular complexity index is 334. The van der Waals surface area contributed by atoms with Crippen molar-refractivity contribution in [3.05, 3.63) is 0 Å². The zero-order valence-corrected chi connectivity index (χ0v) is 11.0. The number of aliphatic hydroxyl groups is 1. The van der Waals surface area contributed by atoms with Crippen LogP contribution in [0.25, 0.3) is 0 Å². The van der Waals surface area contributed by atoms with Crippen molar-refractivity contribution in [2.75, 3.05) is 6.54 Å². The molecule has 4 unspecified atom stereocenters. The Balaban J connectivity index is 1.71. The van der Waals surface area contributed by atoms with Crippen LogP contribution in [-0.2, 0) is 9.59 Å². The van der Waals surface area contributed by atoms with Crippen molar-refractivity contribution in [2.45, 2.75) is 56.7 Å². The first-order valence-electron chi connectivity index (χ1n) is 7.02. The van der Waals surface area contributed by atoms with Crippen LogP contribution in [0.2, 0.25) is 0 Å². The number of carboxylic acid groups (broad SMARTS) is 1. The Labute approximate surface area is 112 Å². The second-order valence-corrected chi connectivity index (χ2v) is 5.54. The van der Waals surface area contributed by atoms with Crippen LogP contribution in [0.1, 0.15) is 38.5 Å². The second-order valence-electron chi connectivity index (χ2n) is 5.54. The van der Waals surface area contributed by atoms with Gasteiger partial charge in [-0.3, -0.25) is 4.79 Å². The highest BCUT2D eigenvalue weighted by atomic mass is 16.4. The molecule has 2 aliphatic rings. The lowest BCUT2D eigenvalue weighted by molar-refractivity contribution is -0.147. The fraction of sp³-hybridized carbons (Fsp3) is 0.846. The van der Waals surface area contributed by atoms with E-state index in [4.69, 9.17) is 10.2 Å². The number of aliphatic carboxylic acids is 1. The first-order chi connectivity index (χ1) is 9.08. The molecule has 19 heavy (non-hydrogen) atoms. The van der Waals surface area contributed by atoms with E-state index in [1.54, 1.807) is 0 Å². The number of nitrogens with one attached hydrogen (secondary N) is 2. The molecular formula is C13H22N2O4. The van der Waals surface area contributed by atoms with Gasteiger partial charge in [-0.2, -0.15) is 0 Å². The SMILES string of the molecule is O=C(O)C(O)CCNC(=O)C1CC2CCCCC2N1. The lowest BCUT2D eigenvalue weighted by atomic mass is 9.85. The molecule has 1 amide bonds. The minimum absolute atomic E-state index is 0.0423. The Morgan fingerprint density at radius 2 is 2.05 bits per heavy atom. The Kier molecular flexibility index (Phi) is 4.76. The molecule has 0 bridgehead atoms. The van der Waals surface area contributed by atoms with Gasteiger partial charge in [0.15, 0.2) is 6.10 Å². The predicted molar refractivity (Wildman–Crippen MR) is 68.6 cm³/mol. The maximum Gasteiger partial charge on any atom is 0.332 e. The number of carboxylic acids is 1. The lowest BCUT2D eigenvalue weighted by Crippen LogP contribution is -2.44. The van der Waals surface area contributed by atoms with E-state index in [9.17, 15) is 9.59 Å². The van der Waals surface area contributed by atoms with Gasteiger partial charge in [-0.1, -0.05) is 12.8 Å². The topological polar surface area (TPSA) is 98.7 Å². The molecule has 0 aromatic carbocycles. The van der Waals surface area contributed by atoms with Crippen LogP contribution in [0.15, 0.2) is 0 Å². The molecule has 2 rings (SSSR count). The van der Waals surface area contributed by atoms with E-state index in [0.717, 1.165) is 12.8 Å². The molecule has 1 heterocycles. The van der Waals surface area contributed by atoms with Gasteiger partial charge in [-0.15, -0.1) is 0 Å². The molecule has 0 aromatic rings. The third kappa shape index (κ3) is 3.67. The number of fused-ring (bicyclic) bond motifs is 1. The van der Waals surface area contributed by atoms with Gasteiger partial charge in [0.05, 0.1) is 6.04 Å². The number of carbonyl (C=O) groups is 2. The van der Waals surface area contributed by atoms with Crippen molar-refractivity contribution in [3.8, 4) is 0 Å². The predicted octanol–water partition coefficient (Wildman–Crippen LogP) is -0.141. The summed E-state index contributed by atoms with van der Waals surface area (Å²) in [4.78, 5) is 22.4. The van der Waals surface area contributed by atoms with E-state index in [-0.39, 0.29) is 24.9 Å². The molecule has 6 heteroatoms. The van der Waals surface area contributed by atoms with Gasteiger partial charge < -0.3 is 20.8 Å². The maximum absolute atomic E-state index is 11.9. The largest absolute Gasteiger partial charge is 0.479 e. The van der Waals surface area contributed by atoms with Gasteiger partial charge in [0.2, 0.25) is 5.91 Å². The lowest BCUT2D eigenvalue weighted by Gasteiger charge is -2.24. The van der Waals surface area contributed by atoms with E-state index in [0.29, 0.717) is 12.0 Å². The summed E-state index contributed by atoms with van der Waals surface area (Å²) in [6.07, 6.45) is 4.33. The third-order valence-corrected chi connectivity index (χ3v) is 4.18. The van der Waals surface area contributed by atoms with E-state index >= 15 is 0 Å². The van der Waals surface area contributed by atoms with Crippen LogP contribution in [0, 0.1) is 5.92 Å². The highest BCUT2D eigenvalue weighted by Crippen LogP contribution is 2.33. The van der Waals surface area contributed by atoms with Gasteiger partial charge in [-0.05, 0) is 25.2 Å². The van der Waals surface area contributed by atoms with Crippen LogP contribution in [-0.4, -0.2) is 46.8 Å². The summed E-state index contributed by atoms with van der Waals surface area (Å²) in [6.45, 7) is 0.194. The molecule has 4 atom stereocenters. The van der Waals surface area contributed by atoms with Crippen molar-refractivity contribution in [2.24, 2.45) is 5.92 Å². The second kappa shape index (κ2) is 6.34. The summed E-state index contributed by atoms with van der Waals surface area (Å²) in [6, 6.07) is 0.309. The number of rotatable bonds is 5. The molecule has 1 saturated heterocycles. The number of aliphatic hydroxyl groups excluding tert-OH is 1. The summed E-state index contributed by atoms with van der Waals surface area (Å²) in [5.74, 6) is -0.722. The molecule has 108 valence electrons. The Morgan fingerprint density at radius 1 is 1.32 bits per heavy atom. The quantitative estimate of drug-likeness (QED) is 0.557. The normalized spacial score (nSPS) is 31.5. The molecule has 0 aromatic heterocycles. The Hall–Kier alpha value is -1.14. The third-order valence-electron chi connectivity index (χ3n) is 4.18. The maximum atomic E-state index is 11.9. The summed E-state index contributed by atoms with van der Waals surface area (Å²) in [7, 11) is 0. The van der Waals surface area contributed by atoms with E-state index in [1.807, 2.05) is 0 Å². The van der Waals surface area contributed by atoms with Crippen LogP contribution in [0.5, 0.6) is 0 Å². The molecule has 2 fully saturated rings. The number of hydrogen-bond acceptors (Lipinski definition) is 4. The summed E-state index contributed by atoms with van der Waals surface area (Å²) >= 11 is 0. The highest BCUT2D eigenvalue weighted by molar-refractivity contribution is 5.82. The summed E-state index contributed by atoms with van der Waals surface area (Å²) in [5, 5.41) is 23.7. The van der Waals surface area contributed by atoms with Gasteiger partial charge in [0, 0.05) is 19.0 Å². The molecule has 1 saturated carbocycles. The zero-order valence-electron chi connectivity index (χ0n) is 11.0. The van der Waals surface area contributed by atoms with E-state index < -0.39 is 12.1 Å². The van der Waals surface area contributed by atoms with Gasteiger partial charge in [-0.25, -0.2) is 4.79 Å².